The fraction of sp³-hybridized carbons (Fsp3) is 0.923. The molecule has 0 radical (unpaired) electrons. The highest BCUT2D eigenvalue weighted by Gasteiger charge is 2.23. The molecule has 1 aliphatic carbocycles. The van der Waals surface area contributed by atoms with Gasteiger partial charge in [-0.3, -0.25) is 5.43 Å². The summed E-state index contributed by atoms with van der Waals surface area (Å²) in [5.74, 6) is 6.50. The highest BCUT2D eigenvalue weighted by Crippen LogP contribution is 2.21. The lowest BCUT2D eigenvalue weighted by molar-refractivity contribution is 0.0524. The number of piperidine rings is 1. The van der Waals surface area contributed by atoms with Crippen LogP contribution >= 0.6 is 0 Å². The molecule has 0 aromatic carbocycles. The van der Waals surface area contributed by atoms with E-state index in [0.717, 1.165) is 31.9 Å². The molecule has 0 spiro atoms. The molecule has 2 rings (SSSR count). The van der Waals surface area contributed by atoms with Crippen molar-refractivity contribution < 1.29 is 4.74 Å². The van der Waals surface area contributed by atoms with Gasteiger partial charge in [0, 0.05) is 20.2 Å². The zero-order valence-electron chi connectivity index (χ0n) is 11.4. The lowest BCUT2D eigenvalue weighted by atomic mass is 9.96. The Balaban J connectivity index is 1.95. The minimum atomic E-state index is 0.309. The topological polar surface area (TPSA) is 62.9 Å². The predicted octanol–water partition coefficient (Wildman–Crippen LogP) is 1.25. The van der Waals surface area contributed by atoms with Gasteiger partial charge >= 0.3 is 0 Å². The minimum Gasteiger partial charge on any atom is -0.380 e. The number of ether oxygens (including phenoxy) is 1. The second kappa shape index (κ2) is 6.95. The number of hydrogen-bond acceptors (Lipinski definition) is 3. The van der Waals surface area contributed by atoms with E-state index >= 15 is 0 Å². The van der Waals surface area contributed by atoms with Crippen molar-refractivity contribution in [3.05, 3.63) is 0 Å². The number of nitrogens with two attached hydrogens (primary N) is 1. The standard InChI is InChI=1S/C13H26N4O/c1-18-12-8-5-9-17(10-12)13(16-14)15-11-6-3-2-4-7-11/h11-12H,2-10,14H2,1H3,(H,15,16). The second-order valence-corrected chi connectivity index (χ2v) is 5.33. The van der Waals surface area contributed by atoms with Crippen molar-refractivity contribution in [1.29, 1.82) is 0 Å². The van der Waals surface area contributed by atoms with Gasteiger partial charge < -0.3 is 9.64 Å². The van der Waals surface area contributed by atoms with Gasteiger partial charge in [0.15, 0.2) is 0 Å². The lowest BCUT2D eigenvalue weighted by Gasteiger charge is -2.34. The van der Waals surface area contributed by atoms with Crippen molar-refractivity contribution in [2.24, 2.45) is 10.8 Å². The molecule has 1 aliphatic heterocycles. The Kier molecular flexibility index (Phi) is 5.26. The highest BCUT2D eigenvalue weighted by molar-refractivity contribution is 5.79. The van der Waals surface area contributed by atoms with Crippen molar-refractivity contribution in [3.8, 4) is 0 Å². The number of hydrogen-bond donors (Lipinski definition) is 2. The number of methoxy groups -OCH3 is 1. The summed E-state index contributed by atoms with van der Waals surface area (Å²) in [4.78, 5) is 7.03. The van der Waals surface area contributed by atoms with Gasteiger partial charge in [-0.15, -0.1) is 0 Å². The number of guanidine groups is 1. The molecular weight excluding hydrogens is 228 g/mol. The molecule has 1 saturated heterocycles. The summed E-state index contributed by atoms with van der Waals surface area (Å²) >= 11 is 0. The number of rotatable bonds is 2. The maximum Gasteiger partial charge on any atom is 0.208 e. The molecule has 0 amide bonds. The van der Waals surface area contributed by atoms with Crippen LogP contribution in [-0.2, 0) is 4.74 Å². The largest absolute Gasteiger partial charge is 0.380 e. The molecule has 1 atom stereocenters. The summed E-state index contributed by atoms with van der Waals surface area (Å²) in [5, 5.41) is 0. The molecule has 3 N–H and O–H groups in total. The van der Waals surface area contributed by atoms with Crippen LogP contribution in [0.2, 0.25) is 0 Å². The summed E-state index contributed by atoms with van der Waals surface area (Å²) in [6, 6.07) is 0.452. The molecule has 1 heterocycles. The van der Waals surface area contributed by atoms with Gasteiger partial charge in [0.25, 0.3) is 0 Å². The zero-order chi connectivity index (χ0) is 12.8. The fourth-order valence-electron chi connectivity index (χ4n) is 2.92. The monoisotopic (exact) mass is 254 g/mol. The highest BCUT2D eigenvalue weighted by atomic mass is 16.5. The average molecular weight is 254 g/mol. The quantitative estimate of drug-likeness (QED) is 0.337. The van der Waals surface area contributed by atoms with Crippen LogP contribution in [0.15, 0.2) is 4.99 Å². The van der Waals surface area contributed by atoms with Gasteiger partial charge in [-0.1, -0.05) is 19.3 Å². The first-order valence-electron chi connectivity index (χ1n) is 7.15. The normalized spacial score (nSPS) is 27.3. The van der Waals surface area contributed by atoms with Gasteiger partial charge in [0.2, 0.25) is 5.96 Å². The molecule has 1 saturated carbocycles. The molecule has 0 bridgehead atoms. The molecule has 0 aromatic heterocycles. The van der Waals surface area contributed by atoms with Gasteiger partial charge in [0.1, 0.15) is 0 Å². The third-order valence-electron chi connectivity index (χ3n) is 4.02. The van der Waals surface area contributed by atoms with Crippen molar-refractivity contribution in [2.75, 3.05) is 20.2 Å². The first-order valence-corrected chi connectivity index (χ1v) is 7.15. The molecule has 0 aromatic rings. The van der Waals surface area contributed by atoms with Crippen LogP contribution in [0, 0.1) is 0 Å². The van der Waals surface area contributed by atoms with Gasteiger partial charge in [-0.05, 0) is 25.7 Å². The summed E-state index contributed by atoms with van der Waals surface area (Å²) < 4.78 is 5.44. The number of likely N-dealkylation sites (tertiary alicyclic amines) is 1. The zero-order valence-corrected chi connectivity index (χ0v) is 11.4. The lowest BCUT2D eigenvalue weighted by Crippen LogP contribution is -2.51. The Morgan fingerprint density at radius 3 is 2.67 bits per heavy atom. The number of aliphatic imine (C=N–C) groups is 1. The summed E-state index contributed by atoms with van der Waals surface area (Å²) in [5.41, 5.74) is 2.78. The first kappa shape index (κ1) is 13.6. The number of hydrazine groups is 1. The van der Waals surface area contributed by atoms with Crippen LogP contribution in [0.4, 0.5) is 0 Å². The summed E-state index contributed by atoms with van der Waals surface area (Å²) in [6.45, 7) is 1.92. The number of nitrogens with one attached hydrogen (secondary N) is 1. The Morgan fingerprint density at radius 1 is 1.22 bits per heavy atom. The molecule has 2 fully saturated rings. The maximum absolute atomic E-state index is 5.64. The number of nitrogens with zero attached hydrogens (tertiary/aromatic N) is 2. The van der Waals surface area contributed by atoms with E-state index in [2.05, 4.69) is 10.3 Å². The Labute approximate surface area is 110 Å². The van der Waals surface area contributed by atoms with Crippen molar-refractivity contribution >= 4 is 5.96 Å². The summed E-state index contributed by atoms with van der Waals surface area (Å²) in [6.07, 6.45) is 8.94. The molecule has 104 valence electrons. The van der Waals surface area contributed by atoms with Crippen molar-refractivity contribution in [2.45, 2.75) is 57.1 Å². The maximum atomic E-state index is 5.64. The Bertz CT molecular complexity index is 276. The molecule has 2 aliphatic rings. The van der Waals surface area contributed by atoms with E-state index in [1.54, 1.807) is 7.11 Å². The van der Waals surface area contributed by atoms with Crippen LogP contribution < -0.4 is 11.3 Å². The van der Waals surface area contributed by atoms with Gasteiger partial charge in [0.05, 0.1) is 12.1 Å². The molecule has 5 nitrogen and oxygen atoms in total. The van der Waals surface area contributed by atoms with E-state index in [-0.39, 0.29) is 0 Å². The molecule has 1 unspecified atom stereocenters. The van der Waals surface area contributed by atoms with Gasteiger partial charge in [-0.2, -0.15) is 0 Å². The van der Waals surface area contributed by atoms with E-state index in [0.29, 0.717) is 12.1 Å². The molecule has 5 heteroatoms. The first-order chi connectivity index (χ1) is 8.83. The minimum absolute atomic E-state index is 0.309. The van der Waals surface area contributed by atoms with Crippen LogP contribution in [0.5, 0.6) is 0 Å². The van der Waals surface area contributed by atoms with Gasteiger partial charge in [-0.25, -0.2) is 10.8 Å². The van der Waals surface area contributed by atoms with Crippen molar-refractivity contribution in [3.63, 3.8) is 0 Å². The van der Waals surface area contributed by atoms with Crippen LogP contribution in [0.3, 0.4) is 0 Å². The Morgan fingerprint density at radius 2 is 2.00 bits per heavy atom. The van der Waals surface area contributed by atoms with E-state index in [1.807, 2.05) is 0 Å². The Hall–Kier alpha value is -0.810. The summed E-state index contributed by atoms with van der Waals surface area (Å²) in [7, 11) is 1.78. The third kappa shape index (κ3) is 3.59. The molecular formula is C13H26N4O. The third-order valence-corrected chi connectivity index (χ3v) is 4.02. The van der Waals surface area contributed by atoms with E-state index < -0.39 is 0 Å². The SMILES string of the molecule is COC1CCCN(C(=NC2CCCCC2)NN)C1. The van der Waals surface area contributed by atoms with Crippen molar-refractivity contribution in [1.82, 2.24) is 10.3 Å². The second-order valence-electron chi connectivity index (χ2n) is 5.33. The predicted molar refractivity (Wildman–Crippen MR) is 73.2 cm³/mol. The smallest absolute Gasteiger partial charge is 0.208 e. The van der Waals surface area contributed by atoms with Crippen LogP contribution in [0.1, 0.15) is 44.9 Å². The van der Waals surface area contributed by atoms with Crippen LogP contribution in [-0.4, -0.2) is 43.2 Å². The van der Waals surface area contributed by atoms with Crippen LogP contribution in [0.25, 0.3) is 0 Å². The molecule has 18 heavy (non-hydrogen) atoms. The fourth-order valence-corrected chi connectivity index (χ4v) is 2.92. The van der Waals surface area contributed by atoms with E-state index in [9.17, 15) is 0 Å². The van der Waals surface area contributed by atoms with E-state index in [1.165, 1.54) is 32.1 Å². The average Bonchev–Trinajstić information content (AvgIpc) is 2.46. The van der Waals surface area contributed by atoms with E-state index in [4.69, 9.17) is 15.6 Å².